The van der Waals surface area contributed by atoms with Crippen LogP contribution in [0.15, 0.2) is 4.52 Å². The second-order valence-electron chi connectivity index (χ2n) is 5.40. The topological polar surface area (TPSA) is 68.5 Å². The van der Waals surface area contributed by atoms with Gasteiger partial charge in [-0.05, 0) is 39.7 Å². The van der Waals surface area contributed by atoms with Crippen molar-refractivity contribution in [1.29, 1.82) is 0 Å². The number of hydrogen-bond acceptors (Lipinski definition) is 6. The molecule has 0 N–H and O–H groups in total. The fourth-order valence-corrected chi connectivity index (χ4v) is 3.30. The van der Waals surface area contributed by atoms with Crippen molar-refractivity contribution >= 4 is 5.97 Å². The van der Waals surface area contributed by atoms with Gasteiger partial charge in [-0.25, -0.2) is 4.79 Å². The molecule has 2 saturated heterocycles. The van der Waals surface area contributed by atoms with Gasteiger partial charge in [0.05, 0.1) is 6.61 Å². The molecular formula is C13H19N3O3. The lowest BCUT2D eigenvalue weighted by atomic mass is 9.90. The zero-order valence-corrected chi connectivity index (χ0v) is 11.3. The van der Waals surface area contributed by atoms with Gasteiger partial charge in [0.25, 0.3) is 0 Å². The summed E-state index contributed by atoms with van der Waals surface area (Å²) >= 11 is 0. The number of fused-ring (bicyclic) bond motifs is 2. The summed E-state index contributed by atoms with van der Waals surface area (Å²) in [4.78, 5) is 18.2. The van der Waals surface area contributed by atoms with Crippen LogP contribution in [0.4, 0.5) is 0 Å². The zero-order valence-electron chi connectivity index (χ0n) is 11.3. The lowest BCUT2D eigenvalue weighted by Gasteiger charge is -2.34. The SMILES string of the molecule is CCOC(=O)c1nc(C2CC3CCC(C2)N3C)no1. The van der Waals surface area contributed by atoms with Gasteiger partial charge >= 0.3 is 11.9 Å². The molecule has 0 saturated carbocycles. The summed E-state index contributed by atoms with van der Waals surface area (Å²) in [5.74, 6) is 0.411. The second-order valence-corrected chi connectivity index (χ2v) is 5.40. The Hall–Kier alpha value is -1.43. The highest BCUT2D eigenvalue weighted by atomic mass is 16.6. The van der Waals surface area contributed by atoms with Gasteiger partial charge in [-0.3, -0.25) is 0 Å². The molecule has 1 aromatic heterocycles. The van der Waals surface area contributed by atoms with Crippen LogP contribution < -0.4 is 0 Å². The summed E-state index contributed by atoms with van der Waals surface area (Å²) < 4.78 is 9.86. The minimum Gasteiger partial charge on any atom is -0.459 e. The number of hydrogen-bond donors (Lipinski definition) is 0. The van der Waals surface area contributed by atoms with E-state index in [2.05, 4.69) is 22.1 Å². The van der Waals surface area contributed by atoms with E-state index in [0.29, 0.717) is 30.4 Å². The first-order valence-electron chi connectivity index (χ1n) is 6.91. The largest absolute Gasteiger partial charge is 0.459 e. The normalized spacial score (nSPS) is 30.5. The molecule has 3 heterocycles. The summed E-state index contributed by atoms with van der Waals surface area (Å²) in [5, 5.41) is 3.96. The fraction of sp³-hybridized carbons (Fsp3) is 0.769. The van der Waals surface area contributed by atoms with Crippen LogP contribution in [-0.2, 0) is 4.74 Å². The van der Waals surface area contributed by atoms with Crippen molar-refractivity contribution in [3.05, 3.63) is 11.7 Å². The van der Waals surface area contributed by atoms with E-state index >= 15 is 0 Å². The Balaban J connectivity index is 1.72. The monoisotopic (exact) mass is 265 g/mol. The molecule has 0 spiro atoms. The van der Waals surface area contributed by atoms with E-state index in [1.807, 2.05) is 0 Å². The van der Waals surface area contributed by atoms with Gasteiger partial charge in [0.15, 0.2) is 5.82 Å². The fourth-order valence-electron chi connectivity index (χ4n) is 3.30. The van der Waals surface area contributed by atoms with E-state index in [0.717, 1.165) is 12.8 Å². The van der Waals surface area contributed by atoms with Crippen LogP contribution in [0.1, 0.15) is 55.0 Å². The molecule has 2 atom stereocenters. The Morgan fingerprint density at radius 1 is 1.42 bits per heavy atom. The summed E-state index contributed by atoms with van der Waals surface area (Å²) in [6.45, 7) is 2.07. The van der Waals surface area contributed by atoms with Crippen LogP contribution >= 0.6 is 0 Å². The standard InChI is InChI=1S/C13H19N3O3/c1-3-18-13(17)12-14-11(15-19-12)8-6-9-4-5-10(7-8)16(9)2/h8-10H,3-7H2,1-2H3. The third kappa shape index (κ3) is 2.25. The molecule has 0 aromatic carbocycles. The molecule has 1 aromatic rings. The first-order chi connectivity index (χ1) is 9.19. The number of aromatic nitrogens is 2. The van der Waals surface area contributed by atoms with Gasteiger partial charge < -0.3 is 14.2 Å². The minimum absolute atomic E-state index is 0.0249. The average Bonchev–Trinajstić information content (AvgIpc) is 2.93. The highest BCUT2D eigenvalue weighted by Crippen LogP contribution is 2.41. The van der Waals surface area contributed by atoms with Gasteiger partial charge in [0.1, 0.15) is 0 Å². The number of nitrogens with zero attached hydrogens (tertiary/aromatic N) is 3. The van der Waals surface area contributed by atoms with E-state index in [-0.39, 0.29) is 5.89 Å². The quantitative estimate of drug-likeness (QED) is 0.773. The smallest absolute Gasteiger partial charge is 0.397 e. The number of ether oxygens (including phenoxy) is 1. The molecule has 104 valence electrons. The molecule has 3 rings (SSSR count). The predicted molar refractivity (Wildman–Crippen MR) is 66.8 cm³/mol. The Kier molecular flexibility index (Phi) is 3.26. The number of piperidine rings is 1. The summed E-state index contributed by atoms with van der Waals surface area (Å²) in [5.41, 5.74) is 0. The van der Waals surface area contributed by atoms with Crippen molar-refractivity contribution < 1.29 is 14.1 Å². The molecule has 2 unspecified atom stereocenters. The van der Waals surface area contributed by atoms with Gasteiger partial charge in [0.2, 0.25) is 0 Å². The second kappa shape index (κ2) is 4.92. The Bertz CT molecular complexity index is 459. The van der Waals surface area contributed by atoms with Crippen molar-refractivity contribution in [2.75, 3.05) is 13.7 Å². The van der Waals surface area contributed by atoms with Crippen LogP contribution in [-0.4, -0.2) is 46.7 Å². The Morgan fingerprint density at radius 2 is 2.11 bits per heavy atom. The van der Waals surface area contributed by atoms with Crippen molar-refractivity contribution in [2.45, 2.75) is 50.6 Å². The van der Waals surface area contributed by atoms with Gasteiger partial charge in [-0.15, -0.1) is 0 Å². The molecule has 2 fully saturated rings. The van der Waals surface area contributed by atoms with Crippen LogP contribution in [0.25, 0.3) is 0 Å². The van der Waals surface area contributed by atoms with Crippen molar-refractivity contribution in [2.24, 2.45) is 0 Å². The number of rotatable bonds is 3. The molecule has 2 aliphatic rings. The summed E-state index contributed by atoms with van der Waals surface area (Å²) in [6.07, 6.45) is 4.60. The van der Waals surface area contributed by atoms with Crippen LogP contribution in [0, 0.1) is 0 Å². The predicted octanol–water partition coefficient (Wildman–Crippen LogP) is 1.59. The lowest BCUT2D eigenvalue weighted by molar-refractivity contribution is 0.0470. The molecule has 0 amide bonds. The highest BCUT2D eigenvalue weighted by molar-refractivity contribution is 5.83. The highest BCUT2D eigenvalue weighted by Gasteiger charge is 2.40. The zero-order chi connectivity index (χ0) is 13.4. The molecular weight excluding hydrogens is 246 g/mol. The molecule has 6 nitrogen and oxygen atoms in total. The van der Waals surface area contributed by atoms with Gasteiger partial charge in [0, 0.05) is 18.0 Å². The van der Waals surface area contributed by atoms with Crippen molar-refractivity contribution in [3.8, 4) is 0 Å². The van der Waals surface area contributed by atoms with Crippen molar-refractivity contribution in [1.82, 2.24) is 15.0 Å². The summed E-state index contributed by atoms with van der Waals surface area (Å²) in [6, 6.07) is 1.24. The number of carbonyl (C=O) groups is 1. The molecule has 0 aliphatic carbocycles. The van der Waals surface area contributed by atoms with Gasteiger partial charge in [-0.1, -0.05) is 5.16 Å². The van der Waals surface area contributed by atoms with E-state index in [1.54, 1.807) is 6.92 Å². The Labute approximate surface area is 112 Å². The van der Waals surface area contributed by atoms with E-state index in [4.69, 9.17) is 9.26 Å². The maximum Gasteiger partial charge on any atom is 0.397 e. The average molecular weight is 265 g/mol. The summed E-state index contributed by atoms with van der Waals surface area (Å²) in [7, 11) is 2.19. The Morgan fingerprint density at radius 3 is 2.74 bits per heavy atom. The first kappa shape index (κ1) is 12.6. The van der Waals surface area contributed by atoms with Crippen LogP contribution in [0.3, 0.4) is 0 Å². The minimum atomic E-state index is -0.530. The molecule has 2 bridgehead atoms. The van der Waals surface area contributed by atoms with E-state index in [1.165, 1.54) is 12.8 Å². The number of esters is 1. The molecule has 19 heavy (non-hydrogen) atoms. The third-order valence-electron chi connectivity index (χ3n) is 4.36. The van der Waals surface area contributed by atoms with Crippen LogP contribution in [0.5, 0.6) is 0 Å². The van der Waals surface area contributed by atoms with Gasteiger partial charge in [-0.2, -0.15) is 4.98 Å². The third-order valence-corrected chi connectivity index (χ3v) is 4.36. The van der Waals surface area contributed by atoms with Crippen molar-refractivity contribution in [3.63, 3.8) is 0 Å². The molecule has 2 aliphatic heterocycles. The first-order valence-corrected chi connectivity index (χ1v) is 6.91. The maximum absolute atomic E-state index is 11.5. The number of carbonyl (C=O) groups excluding carboxylic acids is 1. The molecule has 6 heteroatoms. The maximum atomic E-state index is 11.5. The van der Waals surface area contributed by atoms with Crippen LogP contribution in [0.2, 0.25) is 0 Å². The van der Waals surface area contributed by atoms with E-state index < -0.39 is 5.97 Å². The lowest BCUT2D eigenvalue weighted by Crippen LogP contribution is -2.39. The molecule has 0 radical (unpaired) electrons. The van der Waals surface area contributed by atoms with E-state index in [9.17, 15) is 4.79 Å².